The predicted molar refractivity (Wildman–Crippen MR) is 89.9 cm³/mol. The average molecular weight is 308 g/mol. The van der Waals surface area contributed by atoms with Crippen LogP contribution < -0.4 is 10.2 Å². The van der Waals surface area contributed by atoms with Crippen LogP contribution >= 0.6 is 0 Å². The number of fused-ring (bicyclic) bond motifs is 1. The summed E-state index contributed by atoms with van der Waals surface area (Å²) in [5, 5.41) is 3.38. The molecule has 4 rings (SSSR count). The maximum absolute atomic E-state index is 11.9. The third kappa shape index (κ3) is 2.42. The lowest BCUT2D eigenvalue weighted by Gasteiger charge is -2.40. The highest BCUT2D eigenvalue weighted by atomic mass is 16.1. The number of nitrogens with zero attached hydrogens (tertiary/aromatic N) is 3. The number of hydrogen-bond donors (Lipinski definition) is 1. The number of para-hydroxylation sites is 1. The van der Waals surface area contributed by atoms with Crippen LogP contribution in [-0.2, 0) is 4.79 Å². The summed E-state index contributed by atoms with van der Waals surface area (Å²) in [6.07, 6.45) is 2.88. The summed E-state index contributed by atoms with van der Waals surface area (Å²) in [7, 11) is 0. The number of carbonyl (C=O) groups excluding carboxylic acids is 1. The molecule has 1 N–H and O–H groups in total. The zero-order valence-corrected chi connectivity index (χ0v) is 12.9. The fourth-order valence-corrected chi connectivity index (χ4v) is 3.66. The van der Waals surface area contributed by atoms with E-state index in [1.807, 2.05) is 30.3 Å². The Balaban J connectivity index is 1.82. The molecule has 1 fully saturated rings. The largest absolute Gasteiger partial charge is 0.314 e. The number of pyridine rings is 1. The molecule has 0 radical (unpaired) electrons. The zero-order chi connectivity index (χ0) is 15.6. The molecule has 1 aromatic heterocycles. The highest BCUT2D eigenvalue weighted by Crippen LogP contribution is 2.44. The van der Waals surface area contributed by atoms with Crippen LogP contribution in [-0.4, -0.2) is 48.5 Å². The van der Waals surface area contributed by atoms with Crippen molar-refractivity contribution in [1.29, 1.82) is 0 Å². The van der Waals surface area contributed by atoms with Crippen molar-refractivity contribution in [2.45, 2.75) is 12.1 Å². The van der Waals surface area contributed by atoms with Crippen LogP contribution in [0.4, 0.5) is 11.5 Å². The molecule has 2 aliphatic heterocycles. The van der Waals surface area contributed by atoms with E-state index in [-0.39, 0.29) is 12.1 Å². The van der Waals surface area contributed by atoms with Crippen molar-refractivity contribution < 1.29 is 4.79 Å². The molecule has 2 atom stereocenters. The molecule has 1 aromatic carbocycles. The van der Waals surface area contributed by atoms with E-state index >= 15 is 0 Å². The molecule has 5 nitrogen and oxygen atoms in total. The Morgan fingerprint density at radius 3 is 2.61 bits per heavy atom. The van der Waals surface area contributed by atoms with Crippen LogP contribution in [0.3, 0.4) is 0 Å². The molecule has 118 valence electrons. The van der Waals surface area contributed by atoms with Gasteiger partial charge < -0.3 is 15.0 Å². The molecule has 2 unspecified atom stereocenters. The molecule has 0 saturated carbocycles. The van der Waals surface area contributed by atoms with Crippen LogP contribution in [0.2, 0.25) is 0 Å². The normalized spacial score (nSPS) is 24.4. The van der Waals surface area contributed by atoms with Crippen molar-refractivity contribution >= 4 is 17.8 Å². The number of nitrogens with one attached hydrogen (secondary N) is 1. The van der Waals surface area contributed by atoms with Crippen LogP contribution in [0.15, 0.2) is 48.7 Å². The Bertz CT molecular complexity index is 684. The molecular formula is C18H20N4O. The molecule has 0 aliphatic carbocycles. The average Bonchev–Trinajstić information content (AvgIpc) is 2.97. The Hall–Kier alpha value is -2.24. The van der Waals surface area contributed by atoms with E-state index in [0.717, 1.165) is 49.5 Å². The first-order valence-corrected chi connectivity index (χ1v) is 8.09. The van der Waals surface area contributed by atoms with Gasteiger partial charge in [-0.3, -0.25) is 4.90 Å². The molecule has 2 aliphatic rings. The Morgan fingerprint density at radius 1 is 1.09 bits per heavy atom. The number of benzene rings is 1. The van der Waals surface area contributed by atoms with Gasteiger partial charge in [-0.15, -0.1) is 0 Å². The van der Waals surface area contributed by atoms with Gasteiger partial charge >= 0.3 is 0 Å². The molecule has 1 saturated heterocycles. The molecule has 2 aromatic rings. The van der Waals surface area contributed by atoms with Crippen LogP contribution in [0, 0.1) is 0 Å². The minimum Gasteiger partial charge on any atom is -0.314 e. The number of anilines is 2. The summed E-state index contributed by atoms with van der Waals surface area (Å²) in [5.74, 6) is 0.733. The predicted octanol–water partition coefficient (Wildman–Crippen LogP) is 1.75. The monoisotopic (exact) mass is 308 g/mol. The maximum Gasteiger partial charge on any atom is 0.138 e. The van der Waals surface area contributed by atoms with E-state index in [2.05, 4.69) is 32.2 Å². The van der Waals surface area contributed by atoms with Crippen molar-refractivity contribution in [2.75, 3.05) is 31.1 Å². The molecule has 5 heteroatoms. The lowest BCUT2D eigenvalue weighted by atomic mass is 10.0. The number of piperazine rings is 1. The fraction of sp³-hybridized carbons (Fsp3) is 0.333. The van der Waals surface area contributed by atoms with Gasteiger partial charge in [-0.05, 0) is 18.2 Å². The number of aromatic nitrogens is 1. The van der Waals surface area contributed by atoms with E-state index in [1.165, 1.54) is 0 Å². The highest BCUT2D eigenvalue weighted by molar-refractivity contribution is 5.78. The standard InChI is InChI=1S/C18H20N4O/c23-13-16-15-7-4-8-20-17(15)22(14-5-2-1-3-6-14)18(16)21-11-9-19-10-12-21/h1-8,13,16,18-19H,9-12H2. The maximum atomic E-state index is 11.9. The summed E-state index contributed by atoms with van der Waals surface area (Å²) in [6.45, 7) is 3.78. The second-order valence-electron chi connectivity index (χ2n) is 5.98. The number of hydrogen-bond acceptors (Lipinski definition) is 5. The lowest BCUT2D eigenvalue weighted by molar-refractivity contribution is -0.110. The van der Waals surface area contributed by atoms with Crippen molar-refractivity contribution in [1.82, 2.24) is 15.2 Å². The first kappa shape index (κ1) is 14.4. The summed E-state index contributed by atoms with van der Waals surface area (Å²) in [6, 6.07) is 14.2. The smallest absolute Gasteiger partial charge is 0.138 e. The number of carbonyl (C=O) groups is 1. The lowest BCUT2D eigenvalue weighted by Crippen LogP contribution is -2.54. The minimum atomic E-state index is -0.169. The van der Waals surface area contributed by atoms with Gasteiger partial charge in [0.05, 0.1) is 5.92 Å². The van der Waals surface area contributed by atoms with Crippen LogP contribution in [0.25, 0.3) is 0 Å². The van der Waals surface area contributed by atoms with Crippen LogP contribution in [0.1, 0.15) is 11.5 Å². The van der Waals surface area contributed by atoms with E-state index in [1.54, 1.807) is 6.20 Å². The van der Waals surface area contributed by atoms with Crippen LogP contribution in [0.5, 0.6) is 0 Å². The first-order valence-electron chi connectivity index (χ1n) is 8.09. The summed E-state index contributed by atoms with van der Waals surface area (Å²) < 4.78 is 0. The Kier molecular flexibility index (Phi) is 3.81. The van der Waals surface area contributed by atoms with Gasteiger partial charge in [0.25, 0.3) is 0 Å². The third-order valence-electron chi connectivity index (χ3n) is 4.70. The van der Waals surface area contributed by atoms with Gasteiger partial charge in [-0.25, -0.2) is 4.98 Å². The second kappa shape index (κ2) is 6.10. The van der Waals surface area contributed by atoms with Gasteiger partial charge in [0.2, 0.25) is 0 Å². The molecular weight excluding hydrogens is 288 g/mol. The minimum absolute atomic E-state index is 0.00176. The molecule has 23 heavy (non-hydrogen) atoms. The fourth-order valence-electron chi connectivity index (χ4n) is 3.66. The summed E-state index contributed by atoms with van der Waals surface area (Å²) >= 11 is 0. The van der Waals surface area contributed by atoms with Crippen molar-refractivity contribution in [3.63, 3.8) is 0 Å². The molecule has 0 spiro atoms. The van der Waals surface area contributed by atoms with Gasteiger partial charge in [0, 0.05) is 43.6 Å². The first-order chi connectivity index (χ1) is 11.4. The van der Waals surface area contributed by atoms with Gasteiger partial charge in [0.15, 0.2) is 0 Å². The van der Waals surface area contributed by atoms with E-state index in [0.29, 0.717) is 0 Å². The van der Waals surface area contributed by atoms with Gasteiger partial charge in [-0.1, -0.05) is 24.3 Å². The van der Waals surface area contributed by atoms with Gasteiger partial charge in [-0.2, -0.15) is 0 Å². The molecule has 0 bridgehead atoms. The topological polar surface area (TPSA) is 48.5 Å². The third-order valence-corrected chi connectivity index (χ3v) is 4.70. The van der Waals surface area contributed by atoms with E-state index in [4.69, 9.17) is 0 Å². The Morgan fingerprint density at radius 2 is 1.87 bits per heavy atom. The number of aldehydes is 1. The molecule has 0 amide bonds. The summed E-state index contributed by atoms with van der Waals surface area (Å²) in [5.41, 5.74) is 2.11. The SMILES string of the molecule is O=CC1c2cccnc2N(c2ccccc2)C1N1CCNCC1. The van der Waals surface area contributed by atoms with E-state index in [9.17, 15) is 4.79 Å². The zero-order valence-electron chi connectivity index (χ0n) is 12.9. The summed E-state index contributed by atoms with van der Waals surface area (Å²) in [4.78, 5) is 21.1. The molecule has 3 heterocycles. The Labute approximate surface area is 135 Å². The second-order valence-corrected chi connectivity index (χ2v) is 5.98. The van der Waals surface area contributed by atoms with Crippen molar-refractivity contribution in [3.8, 4) is 0 Å². The quantitative estimate of drug-likeness (QED) is 0.876. The number of rotatable bonds is 3. The van der Waals surface area contributed by atoms with Crippen molar-refractivity contribution in [3.05, 3.63) is 54.2 Å². The van der Waals surface area contributed by atoms with E-state index < -0.39 is 0 Å². The highest BCUT2D eigenvalue weighted by Gasteiger charge is 2.43. The van der Waals surface area contributed by atoms with Gasteiger partial charge in [0.1, 0.15) is 18.3 Å². The van der Waals surface area contributed by atoms with Crippen molar-refractivity contribution in [2.24, 2.45) is 0 Å².